The second-order valence-corrected chi connectivity index (χ2v) is 14.9. The highest BCUT2D eigenvalue weighted by molar-refractivity contribution is 6.21. The van der Waals surface area contributed by atoms with Crippen molar-refractivity contribution in [3.63, 3.8) is 0 Å². The highest BCUT2D eigenvalue weighted by Gasteiger charge is 2.36. The normalized spacial score (nSPS) is 13.1. The summed E-state index contributed by atoms with van der Waals surface area (Å²) in [4.78, 5) is 10.4. The predicted molar refractivity (Wildman–Crippen MR) is 222 cm³/mol. The molecule has 4 heteroatoms. The van der Waals surface area contributed by atoms with Crippen LogP contribution in [0.1, 0.15) is 30.5 Å². The van der Waals surface area contributed by atoms with Gasteiger partial charge in [-0.25, -0.2) is 9.97 Å². The summed E-state index contributed by atoms with van der Waals surface area (Å²) >= 11 is 0. The highest BCUT2D eigenvalue weighted by atomic mass is 15.0. The first-order valence-electron chi connectivity index (χ1n) is 18.4. The summed E-state index contributed by atoms with van der Waals surface area (Å²) in [5.74, 6) is 0. The lowest BCUT2D eigenvalue weighted by molar-refractivity contribution is 0.660. The first-order chi connectivity index (χ1) is 26.5. The fourth-order valence-corrected chi connectivity index (χ4v) is 9.06. The lowest BCUT2D eigenvalue weighted by Crippen LogP contribution is -2.15. The largest absolute Gasteiger partial charge is 0.297 e. The number of para-hydroxylation sites is 1. The van der Waals surface area contributed by atoms with Gasteiger partial charge >= 0.3 is 0 Å². The van der Waals surface area contributed by atoms with Crippen LogP contribution in [-0.4, -0.2) is 14.4 Å². The van der Waals surface area contributed by atoms with Crippen molar-refractivity contribution < 1.29 is 0 Å². The molecule has 3 heterocycles. The van der Waals surface area contributed by atoms with E-state index in [2.05, 4.69) is 164 Å². The van der Waals surface area contributed by atoms with Crippen molar-refractivity contribution in [3.8, 4) is 50.7 Å². The molecule has 0 amide bonds. The fraction of sp³-hybridized carbons (Fsp3) is 0.0600. The Morgan fingerprint density at radius 2 is 1.11 bits per heavy atom. The standard InChI is InChI=1S/C50H32N4/c1-50(2)41-26-30(28-51)20-23-34(41)35-24-21-32(27-42(35)50)45-36-14-6-8-16-38(36)46(39-17-9-7-15-37(39)45)33-22-25-44-53-48-40-18-10-11-19-43(40)52-47(49(48)54(44)29-33)31-12-4-3-5-13-31/h3-27,29H,1-2H3. The summed E-state index contributed by atoms with van der Waals surface area (Å²) in [6.07, 6.45) is 2.26. The third-order valence-corrected chi connectivity index (χ3v) is 11.6. The van der Waals surface area contributed by atoms with Crippen molar-refractivity contribution >= 4 is 49.1 Å². The second kappa shape index (κ2) is 11.2. The number of fused-ring (bicyclic) bond motifs is 10. The maximum atomic E-state index is 9.68. The predicted octanol–water partition coefficient (Wildman–Crippen LogP) is 12.5. The monoisotopic (exact) mass is 688 g/mol. The van der Waals surface area contributed by atoms with E-state index in [4.69, 9.17) is 9.97 Å². The number of benzene rings is 7. The molecule has 4 nitrogen and oxygen atoms in total. The average Bonchev–Trinajstić information content (AvgIpc) is 3.71. The molecule has 54 heavy (non-hydrogen) atoms. The van der Waals surface area contributed by atoms with Crippen LogP contribution in [-0.2, 0) is 5.41 Å². The zero-order chi connectivity index (χ0) is 36.1. The number of hydrogen-bond acceptors (Lipinski definition) is 3. The van der Waals surface area contributed by atoms with Gasteiger partial charge in [0.1, 0.15) is 11.2 Å². The molecule has 0 saturated carbocycles. The number of pyridine rings is 2. The van der Waals surface area contributed by atoms with Gasteiger partial charge in [0.15, 0.2) is 0 Å². The topological polar surface area (TPSA) is 54.0 Å². The number of rotatable bonds is 3. The second-order valence-electron chi connectivity index (χ2n) is 14.9. The zero-order valence-electron chi connectivity index (χ0n) is 29.8. The molecule has 10 aromatic rings. The molecule has 0 unspecified atom stereocenters. The van der Waals surface area contributed by atoms with E-state index in [0.717, 1.165) is 44.4 Å². The Balaban J connectivity index is 1.17. The maximum absolute atomic E-state index is 9.68. The number of imidazole rings is 1. The number of aromatic nitrogens is 3. The number of nitrogens with zero attached hydrogens (tertiary/aromatic N) is 4. The summed E-state index contributed by atoms with van der Waals surface area (Å²) < 4.78 is 2.24. The molecule has 0 atom stereocenters. The first-order valence-corrected chi connectivity index (χ1v) is 18.4. The molecule has 0 N–H and O–H groups in total. The number of nitriles is 1. The van der Waals surface area contributed by atoms with E-state index in [1.54, 1.807) is 0 Å². The molecule has 11 rings (SSSR count). The van der Waals surface area contributed by atoms with E-state index >= 15 is 0 Å². The summed E-state index contributed by atoms with van der Waals surface area (Å²) in [6, 6.07) is 56.1. The van der Waals surface area contributed by atoms with Crippen LogP contribution in [0.5, 0.6) is 0 Å². The molecule has 3 aromatic heterocycles. The minimum Gasteiger partial charge on any atom is -0.297 e. The van der Waals surface area contributed by atoms with Crippen molar-refractivity contribution in [1.82, 2.24) is 14.4 Å². The van der Waals surface area contributed by atoms with E-state index in [9.17, 15) is 5.26 Å². The van der Waals surface area contributed by atoms with Crippen LogP contribution in [0.2, 0.25) is 0 Å². The minimum atomic E-state index is -0.235. The summed E-state index contributed by atoms with van der Waals surface area (Å²) in [6.45, 7) is 4.55. The van der Waals surface area contributed by atoms with Gasteiger partial charge in [0.05, 0.1) is 28.4 Å². The van der Waals surface area contributed by atoms with Gasteiger partial charge in [0, 0.05) is 22.6 Å². The first kappa shape index (κ1) is 30.5. The van der Waals surface area contributed by atoms with E-state index in [1.807, 2.05) is 18.2 Å². The molecule has 252 valence electrons. The maximum Gasteiger partial charge on any atom is 0.138 e. The molecule has 1 aliphatic rings. The minimum absolute atomic E-state index is 0.235. The average molecular weight is 689 g/mol. The van der Waals surface area contributed by atoms with Crippen LogP contribution in [0.25, 0.3) is 93.8 Å². The third-order valence-electron chi connectivity index (χ3n) is 11.6. The van der Waals surface area contributed by atoms with Crippen molar-refractivity contribution in [2.75, 3.05) is 0 Å². The smallest absolute Gasteiger partial charge is 0.138 e. The van der Waals surface area contributed by atoms with Gasteiger partial charge < -0.3 is 0 Å². The highest BCUT2D eigenvalue weighted by Crippen LogP contribution is 2.51. The van der Waals surface area contributed by atoms with Crippen molar-refractivity contribution in [2.24, 2.45) is 0 Å². The quantitative estimate of drug-likeness (QED) is 0.174. The Morgan fingerprint density at radius 3 is 1.80 bits per heavy atom. The number of hydrogen-bond donors (Lipinski definition) is 0. The van der Waals surface area contributed by atoms with Gasteiger partial charge in [-0.2, -0.15) is 5.26 Å². The van der Waals surface area contributed by atoms with E-state index in [1.165, 1.54) is 60.5 Å². The van der Waals surface area contributed by atoms with Gasteiger partial charge in [0.25, 0.3) is 0 Å². The SMILES string of the molecule is CC1(C)c2cc(C#N)ccc2-c2ccc(-c3c4ccccc4c(-c4ccc5nc6c7ccccc7nc(-c7ccccc7)c6n5c4)c4ccccc34)cc21. The van der Waals surface area contributed by atoms with Gasteiger partial charge in [0.2, 0.25) is 0 Å². The molecular weight excluding hydrogens is 657 g/mol. The molecule has 0 aliphatic heterocycles. The van der Waals surface area contributed by atoms with Crippen molar-refractivity contribution in [3.05, 3.63) is 175 Å². The van der Waals surface area contributed by atoms with Crippen LogP contribution in [0.15, 0.2) is 158 Å². The molecule has 0 bridgehead atoms. The van der Waals surface area contributed by atoms with E-state index in [-0.39, 0.29) is 5.41 Å². The van der Waals surface area contributed by atoms with Crippen LogP contribution in [0.3, 0.4) is 0 Å². The van der Waals surface area contributed by atoms with E-state index in [0.29, 0.717) is 5.56 Å². The van der Waals surface area contributed by atoms with Crippen molar-refractivity contribution in [2.45, 2.75) is 19.3 Å². The zero-order valence-corrected chi connectivity index (χ0v) is 29.8. The van der Waals surface area contributed by atoms with Gasteiger partial charge in [-0.05, 0) is 102 Å². The molecule has 0 radical (unpaired) electrons. The van der Waals surface area contributed by atoms with Crippen molar-refractivity contribution in [1.29, 1.82) is 5.26 Å². The third kappa shape index (κ3) is 4.24. The van der Waals surface area contributed by atoms with Crippen LogP contribution in [0, 0.1) is 11.3 Å². The van der Waals surface area contributed by atoms with Gasteiger partial charge in [-0.1, -0.05) is 129 Å². The fourth-order valence-electron chi connectivity index (χ4n) is 9.06. The Labute approximate surface area is 312 Å². The van der Waals surface area contributed by atoms with Gasteiger partial charge in [-0.3, -0.25) is 4.40 Å². The summed E-state index contributed by atoms with van der Waals surface area (Å²) in [5.41, 5.74) is 15.9. The molecular formula is C50H32N4. The van der Waals surface area contributed by atoms with E-state index < -0.39 is 0 Å². The molecule has 0 fully saturated rings. The Hall–Kier alpha value is -7.09. The Kier molecular flexibility index (Phi) is 6.33. The van der Waals surface area contributed by atoms with Crippen LogP contribution in [0.4, 0.5) is 0 Å². The molecule has 1 aliphatic carbocycles. The Bertz CT molecular complexity index is 3200. The summed E-state index contributed by atoms with van der Waals surface area (Å²) in [5, 5.41) is 15.5. The van der Waals surface area contributed by atoms with Gasteiger partial charge in [-0.15, -0.1) is 0 Å². The molecule has 0 spiro atoms. The lowest BCUT2D eigenvalue weighted by Gasteiger charge is -2.23. The summed E-state index contributed by atoms with van der Waals surface area (Å²) in [7, 11) is 0. The molecule has 0 saturated heterocycles. The molecule has 7 aromatic carbocycles. The Morgan fingerprint density at radius 1 is 0.537 bits per heavy atom. The van der Waals surface area contributed by atoms with Crippen LogP contribution >= 0.6 is 0 Å². The van der Waals surface area contributed by atoms with Crippen LogP contribution < -0.4 is 0 Å². The lowest BCUT2D eigenvalue weighted by atomic mass is 9.80.